The third-order valence-electron chi connectivity index (χ3n) is 4.40. The molecule has 4 atom stereocenters. The monoisotopic (exact) mass is 374 g/mol. The molecule has 154 valence electrons. The predicted octanol–water partition coefficient (Wildman–Crippen LogP) is 0.953. The number of carbonyl (C=O) groups excluding carboxylic acids is 2. The van der Waals surface area contributed by atoms with E-state index in [0.29, 0.717) is 25.9 Å². The summed E-state index contributed by atoms with van der Waals surface area (Å²) >= 11 is 0. The molecule has 0 aliphatic heterocycles. The van der Waals surface area contributed by atoms with Crippen LogP contribution in [0.4, 0.5) is 0 Å². The zero-order chi connectivity index (χ0) is 19.9. The summed E-state index contributed by atoms with van der Waals surface area (Å²) in [5, 5.41) is 0. The molecule has 0 saturated heterocycles. The molecule has 0 amide bonds. The predicted molar refractivity (Wildman–Crippen MR) is 102 cm³/mol. The maximum atomic E-state index is 11.8. The van der Waals surface area contributed by atoms with Crippen LogP contribution >= 0.6 is 0 Å². The van der Waals surface area contributed by atoms with Crippen molar-refractivity contribution >= 4 is 11.9 Å². The SMILES string of the molecule is CC(CCCN)C(N)OC(=O)CCCCC(=O)OC(N)C(C)CCCN. The molecule has 0 aromatic heterocycles. The van der Waals surface area contributed by atoms with Gasteiger partial charge in [-0.2, -0.15) is 0 Å². The molecule has 8 N–H and O–H groups in total. The highest BCUT2D eigenvalue weighted by Gasteiger charge is 2.18. The maximum absolute atomic E-state index is 11.8. The first-order chi connectivity index (χ1) is 12.3. The molecule has 0 aliphatic carbocycles. The average molecular weight is 375 g/mol. The molecule has 8 heteroatoms. The lowest BCUT2D eigenvalue weighted by Crippen LogP contribution is -2.34. The fraction of sp³-hybridized carbons (Fsp3) is 0.889. The highest BCUT2D eigenvalue weighted by molar-refractivity contribution is 5.70. The minimum absolute atomic E-state index is 0.0697. The van der Waals surface area contributed by atoms with E-state index in [1.54, 1.807) is 0 Å². The Hall–Kier alpha value is -1.22. The van der Waals surface area contributed by atoms with Gasteiger partial charge >= 0.3 is 11.9 Å². The Balaban J connectivity index is 3.86. The minimum atomic E-state index is -0.618. The normalized spacial score (nSPS) is 15.8. The van der Waals surface area contributed by atoms with Crippen molar-refractivity contribution in [2.45, 2.75) is 77.7 Å². The van der Waals surface area contributed by atoms with Crippen LogP contribution in [0.25, 0.3) is 0 Å². The van der Waals surface area contributed by atoms with Gasteiger partial charge in [-0.3, -0.25) is 21.1 Å². The van der Waals surface area contributed by atoms with Gasteiger partial charge in [-0.25, -0.2) is 0 Å². The fourth-order valence-electron chi connectivity index (χ4n) is 2.40. The van der Waals surface area contributed by atoms with Gasteiger partial charge in [0, 0.05) is 24.7 Å². The summed E-state index contributed by atoms with van der Waals surface area (Å²) in [7, 11) is 0. The molecule has 26 heavy (non-hydrogen) atoms. The van der Waals surface area contributed by atoms with Gasteiger partial charge in [-0.05, 0) is 51.6 Å². The van der Waals surface area contributed by atoms with Crippen LogP contribution in [0, 0.1) is 11.8 Å². The van der Waals surface area contributed by atoms with Gasteiger partial charge in [-0.1, -0.05) is 13.8 Å². The second-order valence-electron chi connectivity index (χ2n) is 6.93. The summed E-state index contributed by atoms with van der Waals surface area (Å²) in [6.45, 7) is 5.05. The molecule has 0 fully saturated rings. The van der Waals surface area contributed by atoms with Crippen LogP contribution < -0.4 is 22.9 Å². The third-order valence-corrected chi connectivity index (χ3v) is 4.40. The number of ether oxygens (including phenoxy) is 2. The molecule has 0 radical (unpaired) electrons. The number of esters is 2. The minimum Gasteiger partial charge on any atom is -0.446 e. The third kappa shape index (κ3) is 12.2. The number of carbonyl (C=O) groups is 2. The Morgan fingerprint density at radius 3 is 1.38 bits per heavy atom. The van der Waals surface area contributed by atoms with E-state index in [1.807, 2.05) is 13.8 Å². The molecule has 0 bridgehead atoms. The van der Waals surface area contributed by atoms with E-state index >= 15 is 0 Å². The molecule has 0 saturated carbocycles. The molecular formula is C18H38N4O4. The summed E-state index contributed by atoms with van der Waals surface area (Å²) in [5.74, 6) is -0.560. The average Bonchev–Trinajstić information content (AvgIpc) is 2.60. The lowest BCUT2D eigenvalue weighted by atomic mass is 10.0. The first-order valence-corrected chi connectivity index (χ1v) is 9.62. The molecule has 0 aromatic carbocycles. The van der Waals surface area contributed by atoms with Crippen LogP contribution in [0.3, 0.4) is 0 Å². The largest absolute Gasteiger partial charge is 0.446 e. The van der Waals surface area contributed by atoms with Crippen LogP contribution in [0.5, 0.6) is 0 Å². The van der Waals surface area contributed by atoms with Crippen molar-refractivity contribution in [1.82, 2.24) is 0 Å². The van der Waals surface area contributed by atoms with Crippen molar-refractivity contribution in [2.24, 2.45) is 34.8 Å². The van der Waals surface area contributed by atoms with Gasteiger partial charge in [0.25, 0.3) is 0 Å². The highest BCUT2D eigenvalue weighted by atomic mass is 16.6. The smallest absolute Gasteiger partial charge is 0.307 e. The van der Waals surface area contributed by atoms with Gasteiger partial charge in [0.05, 0.1) is 0 Å². The van der Waals surface area contributed by atoms with E-state index in [0.717, 1.165) is 25.7 Å². The standard InChI is InChI=1S/C18H38N4O4/c1-13(7-5-11-19)17(21)25-15(23)9-3-4-10-16(24)26-18(22)14(2)8-6-12-20/h13-14,17-18H,3-12,19-22H2,1-2H3. The van der Waals surface area contributed by atoms with E-state index in [1.165, 1.54) is 0 Å². The van der Waals surface area contributed by atoms with Crippen LogP contribution in [-0.2, 0) is 19.1 Å². The Morgan fingerprint density at radius 1 is 0.731 bits per heavy atom. The van der Waals surface area contributed by atoms with E-state index in [9.17, 15) is 9.59 Å². The van der Waals surface area contributed by atoms with E-state index in [2.05, 4.69) is 0 Å². The van der Waals surface area contributed by atoms with Gasteiger partial charge in [0.1, 0.15) is 0 Å². The van der Waals surface area contributed by atoms with E-state index in [-0.39, 0.29) is 36.6 Å². The number of rotatable bonds is 15. The van der Waals surface area contributed by atoms with Crippen molar-refractivity contribution in [3.8, 4) is 0 Å². The number of hydrogen-bond donors (Lipinski definition) is 4. The molecule has 8 nitrogen and oxygen atoms in total. The molecule has 0 aromatic rings. The highest BCUT2D eigenvalue weighted by Crippen LogP contribution is 2.13. The molecule has 4 unspecified atom stereocenters. The summed E-state index contributed by atoms with van der Waals surface area (Å²) in [6, 6.07) is 0. The van der Waals surface area contributed by atoms with Crippen molar-refractivity contribution in [3.63, 3.8) is 0 Å². The van der Waals surface area contributed by atoms with Crippen LogP contribution in [0.1, 0.15) is 65.2 Å². The maximum Gasteiger partial charge on any atom is 0.307 e. The Kier molecular flexibility index (Phi) is 14.2. The molecular weight excluding hydrogens is 336 g/mol. The number of nitrogens with two attached hydrogens (primary N) is 4. The van der Waals surface area contributed by atoms with Gasteiger partial charge in [0.15, 0.2) is 12.5 Å². The molecule has 0 aliphatic rings. The Labute approximate surface area is 157 Å². The van der Waals surface area contributed by atoms with Gasteiger partial charge in [-0.15, -0.1) is 0 Å². The van der Waals surface area contributed by atoms with Crippen molar-refractivity contribution in [1.29, 1.82) is 0 Å². The van der Waals surface area contributed by atoms with Crippen LogP contribution in [0.15, 0.2) is 0 Å². The topological polar surface area (TPSA) is 157 Å². The second kappa shape index (κ2) is 14.9. The van der Waals surface area contributed by atoms with Crippen molar-refractivity contribution in [3.05, 3.63) is 0 Å². The summed E-state index contributed by atoms with van der Waals surface area (Å²) in [4.78, 5) is 23.5. The fourth-order valence-corrected chi connectivity index (χ4v) is 2.40. The van der Waals surface area contributed by atoms with E-state index < -0.39 is 12.5 Å². The Bertz CT molecular complexity index is 359. The van der Waals surface area contributed by atoms with E-state index in [4.69, 9.17) is 32.4 Å². The van der Waals surface area contributed by atoms with Gasteiger partial charge < -0.3 is 20.9 Å². The lowest BCUT2D eigenvalue weighted by Gasteiger charge is -2.20. The summed E-state index contributed by atoms with van der Waals surface area (Å²) < 4.78 is 10.4. The van der Waals surface area contributed by atoms with Crippen LogP contribution in [-0.4, -0.2) is 37.5 Å². The molecule has 0 heterocycles. The Morgan fingerprint density at radius 2 is 1.08 bits per heavy atom. The van der Waals surface area contributed by atoms with Crippen LogP contribution in [0.2, 0.25) is 0 Å². The van der Waals surface area contributed by atoms with Crippen molar-refractivity contribution < 1.29 is 19.1 Å². The number of hydrogen-bond acceptors (Lipinski definition) is 8. The first-order valence-electron chi connectivity index (χ1n) is 9.62. The zero-order valence-corrected chi connectivity index (χ0v) is 16.3. The summed E-state index contributed by atoms with van der Waals surface area (Å²) in [6.07, 6.45) is 3.63. The summed E-state index contributed by atoms with van der Waals surface area (Å²) in [5.41, 5.74) is 22.6. The first kappa shape index (κ1) is 24.8. The zero-order valence-electron chi connectivity index (χ0n) is 16.3. The number of unbranched alkanes of at least 4 members (excludes halogenated alkanes) is 1. The molecule has 0 spiro atoms. The van der Waals surface area contributed by atoms with Gasteiger partial charge in [0.2, 0.25) is 0 Å². The lowest BCUT2D eigenvalue weighted by molar-refractivity contribution is -0.153. The second-order valence-corrected chi connectivity index (χ2v) is 6.93. The molecule has 0 rings (SSSR count). The van der Waals surface area contributed by atoms with Crippen molar-refractivity contribution in [2.75, 3.05) is 13.1 Å². The quantitative estimate of drug-likeness (QED) is 0.187.